The third-order valence-electron chi connectivity index (χ3n) is 6.60. The van der Waals surface area contributed by atoms with Crippen molar-refractivity contribution >= 4 is 11.9 Å². The van der Waals surface area contributed by atoms with Crippen molar-refractivity contribution in [3.05, 3.63) is 0 Å². The molecule has 2 N–H and O–H groups in total. The molecule has 158 valence electrons. The smallest absolute Gasteiger partial charge is 0.341 e. The zero-order valence-corrected chi connectivity index (χ0v) is 24.6. The van der Waals surface area contributed by atoms with E-state index in [1.54, 1.807) is 0 Å². The van der Waals surface area contributed by atoms with Crippen LogP contribution in [0, 0.1) is 46.3 Å². The van der Waals surface area contributed by atoms with Crippen LogP contribution in [0.2, 0.25) is 0 Å². The van der Waals surface area contributed by atoms with Crippen LogP contribution in [0.5, 0.6) is 0 Å². The molecular weight excluding hydrogens is 615 g/mol. The zero-order valence-electron chi connectivity index (χ0n) is 18.2. The summed E-state index contributed by atoms with van der Waals surface area (Å²) in [5, 5.41) is 18.6. The number of rotatable bonds is 7. The first-order valence-corrected chi connectivity index (χ1v) is 9.94. The molecule has 2 aliphatic carbocycles. The molecular formula is C21H36O6Rf. The third-order valence-corrected chi connectivity index (χ3v) is 6.60. The molecule has 0 spiro atoms. The van der Waals surface area contributed by atoms with Crippen LogP contribution in [0.15, 0.2) is 0 Å². The van der Waals surface area contributed by atoms with Gasteiger partial charge in [0, 0.05) is 6.61 Å². The fourth-order valence-corrected chi connectivity index (χ4v) is 6.00. The maximum Gasteiger partial charge on any atom is 0.341 e. The van der Waals surface area contributed by atoms with Gasteiger partial charge in [0.1, 0.15) is 6.61 Å². The number of hydrogen-bond acceptors (Lipinski definition) is 5. The van der Waals surface area contributed by atoms with E-state index in [-0.39, 0.29) is 35.9 Å². The first kappa shape index (κ1) is 23.9. The van der Waals surface area contributed by atoms with E-state index >= 15 is 0 Å². The zero-order chi connectivity index (χ0) is 20.6. The second-order valence-electron chi connectivity index (χ2n) is 10.4. The Morgan fingerprint density at radius 1 is 0.929 bits per heavy atom. The summed E-state index contributed by atoms with van der Waals surface area (Å²) in [5.41, 5.74) is 0.341. The summed E-state index contributed by atoms with van der Waals surface area (Å²) in [6.07, 6.45) is 1.10. The summed E-state index contributed by atoms with van der Waals surface area (Å²) >= 11 is 0. The quantitative estimate of drug-likeness (QED) is 0.412. The molecule has 2 bridgehead atoms. The Morgan fingerprint density at radius 2 is 1.43 bits per heavy atom. The van der Waals surface area contributed by atoms with Crippen molar-refractivity contribution in [2.24, 2.45) is 46.3 Å². The topological polar surface area (TPSA) is 93.1 Å². The number of carbonyl (C=O) groups excluding carboxylic acids is 1. The molecule has 0 saturated heterocycles. The predicted molar refractivity (Wildman–Crippen MR) is 101 cm³/mol. The maximum atomic E-state index is 11.6. The monoisotopic (exact) mass is 651 g/mol. The first-order chi connectivity index (χ1) is 12.4. The molecule has 6 atom stereocenters. The molecule has 0 aliphatic heterocycles. The number of hydrogen-bond donors (Lipinski definition) is 2. The molecule has 0 amide bonds. The first-order valence-electron chi connectivity index (χ1n) is 9.94. The Labute approximate surface area is 162 Å². The fourth-order valence-electron chi connectivity index (χ4n) is 6.00. The van der Waals surface area contributed by atoms with Gasteiger partial charge in [-0.3, -0.25) is 0 Å². The van der Waals surface area contributed by atoms with Gasteiger partial charge in [-0.1, -0.05) is 41.5 Å². The number of esters is 1. The van der Waals surface area contributed by atoms with Gasteiger partial charge in [-0.25, -0.2) is 9.59 Å². The van der Waals surface area contributed by atoms with Gasteiger partial charge in [-0.2, -0.15) is 0 Å². The minimum atomic E-state index is -1.18. The largest absolute Gasteiger partial charge is 0.479 e. The normalized spacial score (nSPS) is 32.1. The Bertz CT molecular complexity index is 550. The summed E-state index contributed by atoms with van der Waals surface area (Å²) < 4.78 is 10.2. The van der Waals surface area contributed by atoms with Crippen LogP contribution in [-0.2, 0) is 19.1 Å². The maximum absolute atomic E-state index is 11.6. The second kappa shape index (κ2) is 8.48. The van der Waals surface area contributed by atoms with Gasteiger partial charge < -0.3 is 19.7 Å². The Morgan fingerprint density at radius 3 is 1.86 bits per heavy atom. The number of aliphatic carboxylic acids is 1. The standard InChI is InChI=1S/C21H36O6.Rf/c1-20(2,3)18-12-7-13(19(18)21(4,5)6)15(14(12)8-22)9-26-11-17(25)27-10-16(23)24;/h12-15,18-19,22H,7-11H2,1-6H3,(H,23,24);. The number of aliphatic hydroxyl groups excluding tert-OH is 1. The molecule has 2 fully saturated rings. The van der Waals surface area contributed by atoms with Crippen LogP contribution in [0.4, 0.5) is 0 Å². The minimum absolute atomic E-state index is 0. The minimum Gasteiger partial charge on any atom is -0.479 e. The van der Waals surface area contributed by atoms with Gasteiger partial charge in [0.2, 0.25) is 0 Å². The Kier molecular flexibility index (Phi) is 7.24. The molecule has 2 saturated carbocycles. The number of aliphatic hydroxyl groups is 1. The number of carbonyl (C=O) groups is 2. The van der Waals surface area contributed by atoms with Gasteiger partial charge >= 0.3 is 11.9 Å². The summed E-state index contributed by atoms with van der Waals surface area (Å²) in [6, 6.07) is 0. The van der Waals surface area contributed by atoms with Crippen LogP contribution < -0.4 is 0 Å². The predicted octanol–water partition coefficient (Wildman–Crippen LogP) is 2.83. The summed E-state index contributed by atoms with van der Waals surface area (Å²) in [7, 11) is 0. The molecule has 0 radical (unpaired) electrons. The van der Waals surface area contributed by atoms with Gasteiger partial charge in [0.25, 0.3) is 0 Å². The number of fused-ring (bicyclic) bond motifs is 2. The van der Waals surface area contributed by atoms with E-state index in [2.05, 4.69) is 46.3 Å². The number of carboxylic acids is 1. The fraction of sp³-hybridized carbons (Fsp3) is 0.905. The van der Waals surface area contributed by atoms with Crippen molar-refractivity contribution < 1.29 is 29.3 Å². The molecule has 7 heteroatoms. The van der Waals surface area contributed by atoms with Crippen molar-refractivity contribution in [1.29, 1.82) is 0 Å². The molecule has 6 nitrogen and oxygen atoms in total. The second-order valence-corrected chi connectivity index (χ2v) is 10.4. The SMILES string of the molecule is CC(C)(C)C1C2CC(C(COCC(=O)OCC(=O)O)C2CO)C1C(C)(C)C.[Rf]. The van der Waals surface area contributed by atoms with E-state index in [1.165, 1.54) is 0 Å². The average Bonchev–Trinajstić information content (AvgIpc) is 3.07. The Hall–Kier alpha value is -2.14. The van der Waals surface area contributed by atoms with Crippen molar-refractivity contribution in [3.8, 4) is 0 Å². The molecule has 2 rings (SSSR count). The van der Waals surface area contributed by atoms with Crippen molar-refractivity contribution in [2.75, 3.05) is 26.4 Å². The van der Waals surface area contributed by atoms with Gasteiger partial charge in [-0.05, 0) is 52.8 Å². The van der Waals surface area contributed by atoms with Crippen molar-refractivity contribution in [3.63, 3.8) is 0 Å². The summed E-state index contributed by atoms with van der Waals surface area (Å²) in [5.74, 6) is 0.583. The van der Waals surface area contributed by atoms with Crippen LogP contribution in [0.1, 0.15) is 48.0 Å². The molecule has 0 heterocycles. The summed E-state index contributed by atoms with van der Waals surface area (Å²) in [6.45, 7) is 13.4. The average molecular weight is 652 g/mol. The van der Waals surface area contributed by atoms with E-state index in [0.29, 0.717) is 30.3 Å². The van der Waals surface area contributed by atoms with E-state index in [1.807, 2.05) is 0 Å². The Balaban J connectivity index is 0.00000392. The molecule has 2 aliphatic rings. The van der Waals surface area contributed by atoms with E-state index in [9.17, 15) is 14.7 Å². The molecule has 0 aromatic heterocycles. The number of carboxylic acid groups (broad SMARTS) is 1. The molecule has 0 aromatic rings. The molecule has 28 heavy (non-hydrogen) atoms. The molecule has 0 aromatic carbocycles. The van der Waals surface area contributed by atoms with Crippen LogP contribution >= 0.6 is 0 Å². The van der Waals surface area contributed by atoms with Gasteiger partial charge in [0.15, 0.2) is 6.61 Å². The van der Waals surface area contributed by atoms with Gasteiger partial charge in [-0.15, -0.1) is 0 Å². The number of ether oxygens (including phenoxy) is 2. The summed E-state index contributed by atoms with van der Waals surface area (Å²) in [4.78, 5) is 22.0. The van der Waals surface area contributed by atoms with E-state index in [4.69, 9.17) is 9.84 Å². The van der Waals surface area contributed by atoms with Crippen molar-refractivity contribution in [2.45, 2.75) is 48.0 Å². The van der Waals surface area contributed by atoms with E-state index in [0.717, 1.165) is 6.42 Å². The molecule has 6 unspecified atom stereocenters. The van der Waals surface area contributed by atoms with Gasteiger partial charge in [0.05, 0.1) is 6.61 Å². The van der Waals surface area contributed by atoms with Crippen LogP contribution in [0.25, 0.3) is 0 Å². The van der Waals surface area contributed by atoms with E-state index < -0.39 is 18.5 Å². The van der Waals surface area contributed by atoms with Crippen LogP contribution in [0.3, 0.4) is 0 Å². The van der Waals surface area contributed by atoms with Crippen molar-refractivity contribution in [1.82, 2.24) is 0 Å². The van der Waals surface area contributed by atoms with Crippen LogP contribution in [-0.4, -0.2) is 48.6 Å². The third kappa shape index (κ3) is 4.82.